The number of hydrogen-bond donors (Lipinski definition) is 0. The van der Waals surface area contributed by atoms with Crippen LogP contribution in [0, 0.1) is 6.92 Å². The van der Waals surface area contributed by atoms with Crippen LogP contribution < -0.4 is 4.87 Å². The highest BCUT2D eigenvalue weighted by atomic mass is 32.1. The van der Waals surface area contributed by atoms with E-state index in [0.29, 0.717) is 0 Å². The second-order valence-electron chi connectivity index (χ2n) is 2.46. The highest BCUT2D eigenvalue weighted by Crippen LogP contribution is 1.96. The fraction of sp³-hybridized carbons (Fsp3) is 0.714. The lowest BCUT2D eigenvalue weighted by atomic mass is 10.3. The molecule has 0 unspecified atom stereocenters. The van der Waals surface area contributed by atoms with E-state index in [2.05, 4.69) is 12.0 Å². The van der Waals surface area contributed by atoms with Gasteiger partial charge in [-0.05, 0) is 13.3 Å². The molecule has 0 aliphatic carbocycles. The Morgan fingerprint density at radius 3 is 2.82 bits per heavy atom. The van der Waals surface area contributed by atoms with E-state index in [1.54, 1.807) is 4.68 Å². The Morgan fingerprint density at radius 2 is 2.36 bits per heavy atom. The Hall–Kier alpha value is -0.640. The Morgan fingerprint density at radius 1 is 1.64 bits per heavy atom. The quantitative estimate of drug-likeness (QED) is 0.691. The van der Waals surface area contributed by atoms with E-state index in [-0.39, 0.29) is 4.87 Å². The van der Waals surface area contributed by atoms with E-state index in [1.807, 2.05) is 6.92 Å². The van der Waals surface area contributed by atoms with Crippen LogP contribution in [0.4, 0.5) is 0 Å². The van der Waals surface area contributed by atoms with Crippen molar-refractivity contribution < 1.29 is 0 Å². The van der Waals surface area contributed by atoms with Gasteiger partial charge in [-0.15, -0.1) is 0 Å². The van der Waals surface area contributed by atoms with E-state index in [1.165, 1.54) is 11.3 Å². The molecular formula is C7H12N2OS. The summed E-state index contributed by atoms with van der Waals surface area (Å²) in [7, 11) is 0. The van der Waals surface area contributed by atoms with Crippen LogP contribution in [-0.2, 0) is 6.54 Å². The van der Waals surface area contributed by atoms with Crippen LogP contribution in [0.15, 0.2) is 4.79 Å². The largest absolute Gasteiger partial charge is 0.325 e. The first-order valence-corrected chi connectivity index (χ1v) is 4.60. The van der Waals surface area contributed by atoms with Gasteiger partial charge in [-0.1, -0.05) is 24.7 Å². The Labute approximate surface area is 69.7 Å². The summed E-state index contributed by atoms with van der Waals surface area (Å²) < 4.78 is 1.55. The van der Waals surface area contributed by atoms with Crippen molar-refractivity contribution in [2.75, 3.05) is 0 Å². The van der Waals surface area contributed by atoms with Gasteiger partial charge in [0.1, 0.15) is 5.01 Å². The fourth-order valence-electron chi connectivity index (χ4n) is 0.859. The monoisotopic (exact) mass is 172 g/mol. The number of rotatable bonds is 3. The van der Waals surface area contributed by atoms with Crippen molar-refractivity contribution in [2.45, 2.75) is 33.2 Å². The van der Waals surface area contributed by atoms with E-state index >= 15 is 0 Å². The molecule has 0 saturated heterocycles. The van der Waals surface area contributed by atoms with Gasteiger partial charge in [-0.2, -0.15) is 5.10 Å². The Kier molecular flexibility index (Phi) is 2.82. The molecule has 0 atom stereocenters. The van der Waals surface area contributed by atoms with Crippen molar-refractivity contribution >= 4 is 11.3 Å². The van der Waals surface area contributed by atoms with Crippen molar-refractivity contribution in [2.24, 2.45) is 0 Å². The molecule has 1 aromatic heterocycles. The molecule has 0 aliphatic heterocycles. The third-order valence-electron chi connectivity index (χ3n) is 1.43. The van der Waals surface area contributed by atoms with Gasteiger partial charge in [-0.3, -0.25) is 4.79 Å². The summed E-state index contributed by atoms with van der Waals surface area (Å²) in [6, 6.07) is 0. The smallest absolute Gasteiger partial charge is 0.255 e. The minimum absolute atomic E-state index is 0.0657. The number of aromatic nitrogens is 2. The van der Waals surface area contributed by atoms with Crippen molar-refractivity contribution in [3.8, 4) is 0 Å². The molecule has 0 N–H and O–H groups in total. The molecule has 0 saturated carbocycles. The molecule has 0 aromatic carbocycles. The third kappa shape index (κ3) is 2.15. The lowest BCUT2D eigenvalue weighted by Gasteiger charge is -1.94. The summed E-state index contributed by atoms with van der Waals surface area (Å²) >= 11 is 1.22. The average Bonchev–Trinajstić information content (AvgIpc) is 2.26. The van der Waals surface area contributed by atoms with Crippen LogP contribution >= 0.6 is 11.3 Å². The fourth-order valence-corrected chi connectivity index (χ4v) is 1.49. The highest BCUT2D eigenvalue weighted by Gasteiger charge is 1.99. The summed E-state index contributed by atoms with van der Waals surface area (Å²) in [5, 5.41) is 4.92. The van der Waals surface area contributed by atoms with Gasteiger partial charge in [0, 0.05) is 6.54 Å². The average molecular weight is 172 g/mol. The molecular weight excluding hydrogens is 160 g/mol. The first-order chi connectivity index (χ1) is 5.24. The molecule has 1 aromatic rings. The van der Waals surface area contributed by atoms with Crippen LogP contribution in [0.1, 0.15) is 24.8 Å². The number of hydrogen-bond acceptors (Lipinski definition) is 3. The van der Waals surface area contributed by atoms with Gasteiger partial charge in [0.15, 0.2) is 0 Å². The third-order valence-corrected chi connectivity index (χ3v) is 2.19. The topological polar surface area (TPSA) is 34.9 Å². The lowest BCUT2D eigenvalue weighted by Crippen LogP contribution is -2.14. The van der Waals surface area contributed by atoms with Gasteiger partial charge in [0.2, 0.25) is 0 Å². The molecule has 0 radical (unpaired) electrons. The Bertz CT molecular complexity index is 276. The minimum atomic E-state index is 0.0657. The summed E-state index contributed by atoms with van der Waals surface area (Å²) in [5.41, 5.74) is 0. The number of aryl methyl sites for hydroxylation is 2. The predicted molar refractivity (Wildman–Crippen MR) is 46.0 cm³/mol. The van der Waals surface area contributed by atoms with Crippen LogP contribution in [0.5, 0.6) is 0 Å². The van der Waals surface area contributed by atoms with Crippen molar-refractivity contribution in [1.82, 2.24) is 9.78 Å². The van der Waals surface area contributed by atoms with Gasteiger partial charge in [-0.25, -0.2) is 4.68 Å². The van der Waals surface area contributed by atoms with Gasteiger partial charge >= 0.3 is 4.87 Å². The summed E-state index contributed by atoms with van der Waals surface area (Å²) in [6.45, 7) is 4.72. The van der Waals surface area contributed by atoms with E-state index in [0.717, 1.165) is 24.4 Å². The second kappa shape index (κ2) is 3.67. The van der Waals surface area contributed by atoms with Crippen molar-refractivity contribution in [1.29, 1.82) is 0 Å². The standard InChI is InChI=1S/C7H12N2OS/c1-3-4-5-9-7(10)11-6(2)8-9/h3-5H2,1-2H3. The van der Waals surface area contributed by atoms with Crippen LogP contribution in [0.2, 0.25) is 0 Å². The predicted octanol–water partition coefficient (Wildman–Crippen LogP) is 1.41. The van der Waals surface area contributed by atoms with Crippen LogP contribution in [-0.4, -0.2) is 9.78 Å². The number of unbranched alkanes of at least 4 members (excludes halogenated alkanes) is 1. The molecule has 4 heteroatoms. The van der Waals surface area contributed by atoms with E-state index in [4.69, 9.17) is 0 Å². The van der Waals surface area contributed by atoms with Crippen LogP contribution in [0.25, 0.3) is 0 Å². The lowest BCUT2D eigenvalue weighted by molar-refractivity contribution is 0.555. The zero-order valence-corrected chi connectivity index (χ0v) is 7.65. The molecule has 0 bridgehead atoms. The molecule has 0 aliphatic rings. The van der Waals surface area contributed by atoms with Gasteiger partial charge in [0.05, 0.1) is 0 Å². The normalized spacial score (nSPS) is 10.4. The van der Waals surface area contributed by atoms with Gasteiger partial charge < -0.3 is 0 Å². The molecule has 0 amide bonds. The zero-order valence-electron chi connectivity index (χ0n) is 6.83. The molecule has 3 nitrogen and oxygen atoms in total. The maximum atomic E-state index is 11.1. The van der Waals surface area contributed by atoms with Crippen LogP contribution in [0.3, 0.4) is 0 Å². The first kappa shape index (κ1) is 8.46. The van der Waals surface area contributed by atoms with E-state index < -0.39 is 0 Å². The minimum Gasteiger partial charge on any atom is -0.255 e. The molecule has 1 heterocycles. The highest BCUT2D eigenvalue weighted by molar-refractivity contribution is 7.08. The molecule has 11 heavy (non-hydrogen) atoms. The molecule has 1 rings (SSSR count). The summed E-state index contributed by atoms with van der Waals surface area (Å²) in [4.78, 5) is 11.1. The summed E-state index contributed by atoms with van der Waals surface area (Å²) in [5.74, 6) is 0. The first-order valence-electron chi connectivity index (χ1n) is 3.78. The second-order valence-corrected chi connectivity index (χ2v) is 3.61. The summed E-state index contributed by atoms with van der Waals surface area (Å²) in [6.07, 6.45) is 2.13. The Balaban J connectivity index is 2.70. The van der Waals surface area contributed by atoms with Crippen molar-refractivity contribution in [3.05, 3.63) is 14.7 Å². The van der Waals surface area contributed by atoms with Crippen molar-refractivity contribution in [3.63, 3.8) is 0 Å². The molecule has 0 spiro atoms. The van der Waals surface area contributed by atoms with E-state index in [9.17, 15) is 4.79 Å². The molecule has 0 fully saturated rings. The zero-order chi connectivity index (χ0) is 8.27. The molecule has 62 valence electrons. The maximum Gasteiger partial charge on any atom is 0.325 e. The maximum absolute atomic E-state index is 11.1. The SMILES string of the molecule is CCCCn1nc(C)sc1=O. The number of nitrogens with zero attached hydrogens (tertiary/aromatic N) is 2. The van der Waals surface area contributed by atoms with Gasteiger partial charge in [0.25, 0.3) is 0 Å².